The minimum absolute atomic E-state index is 0.258. The molecule has 82 valence electrons. The van der Waals surface area contributed by atoms with Gasteiger partial charge in [-0.1, -0.05) is 42.5 Å². The average Bonchev–Trinajstić information content (AvgIpc) is 2.27. The third-order valence-corrected chi connectivity index (χ3v) is 2.95. The number of rotatable bonds is 1. The molecule has 16 heavy (non-hydrogen) atoms. The number of thiol groups is 1. The second kappa shape index (κ2) is 4.18. The third-order valence-electron chi connectivity index (χ3n) is 2.65. The van der Waals surface area contributed by atoms with E-state index in [0.717, 1.165) is 11.1 Å². The number of hydrogen-bond donors (Lipinski definition) is 1. The Morgan fingerprint density at radius 3 is 2.44 bits per heavy atom. The van der Waals surface area contributed by atoms with Gasteiger partial charge in [0.15, 0.2) is 0 Å². The Bertz CT molecular complexity index is 551. The molecule has 2 aromatic carbocycles. The van der Waals surface area contributed by atoms with Crippen LogP contribution in [0.15, 0.2) is 36.4 Å². The van der Waals surface area contributed by atoms with Gasteiger partial charge < -0.3 is 4.90 Å². The summed E-state index contributed by atoms with van der Waals surface area (Å²) >= 11 is 3.80. The Labute approximate surface area is 100 Å². The van der Waals surface area contributed by atoms with Gasteiger partial charge in [-0.3, -0.25) is 4.79 Å². The van der Waals surface area contributed by atoms with E-state index in [-0.39, 0.29) is 5.24 Å². The summed E-state index contributed by atoms with van der Waals surface area (Å²) in [4.78, 5) is 12.6. The monoisotopic (exact) mass is 231 g/mol. The number of carbonyl (C=O) groups is 1. The van der Waals surface area contributed by atoms with Crippen LogP contribution in [0.4, 0.5) is 10.5 Å². The second-order valence-corrected chi connectivity index (χ2v) is 4.26. The van der Waals surface area contributed by atoms with Crippen molar-refractivity contribution in [1.82, 2.24) is 0 Å². The van der Waals surface area contributed by atoms with Gasteiger partial charge in [0.05, 0.1) is 0 Å². The topological polar surface area (TPSA) is 20.3 Å². The lowest BCUT2D eigenvalue weighted by atomic mass is 10.1. The van der Waals surface area contributed by atoms with Crippen LogP contribution in [0.5, 0.6) is 0 Å². The molecule has 0 bridgehead atoms. The van der Waals surface area contributed by atoms with Crippen molar-refractivity contribution in [3.05, 3.63) is 42.0 Å². The molecule has 2 aromatic rings. The number of fused-ring (bicyclic) bond motifs is 1. The highest BCUT2D eigenvalue weighted by Crippen LogP contribution is 2.23. The lowest BCUT2D eigenvalue weighted by Crippen LogP contribution is -2.19. The Morgan fingerprint density at radius 1 is 1.12 bits per heavy atom. The van der Waals surface area contributed by atoms with Gasteiger partial charge in [-0.25, -0.2) is 0 Å². The maximum absolute atomic E-state index is 11.1. The molecule has 0 fully saturated rings. The molecule has 3 heteroatoms. The predicted molar refractivity (Wildman–Crippen MR) is 71.5 cm³/mol. The molecule has 0 heterocycles. The zero-order valence-corrected chi connectivity index (χ0v) is 10.2. The highest BCUT2D eigenvalue weighted by molar-refractivity contribution is 7.96. The van der Waals surface area contributed by atoms with Crippen LogP contribution in [-0.2, 0) is 0 Å². The molecule has 0 radical (unpaired) electrons. The van der Waals surface area contributed by atoms with Crippen molar-refractivity contribution in [2.75, 3.05) is 11.9 Å². The van der Waals surface area contributed by atoms with Gasteiger partial charge >= 0.3 is 0 Å². The van der Waals surface area contributed by atoms with Crippen molar-refractivity contribution in [2.45, 2.75) is 6.92 Å². The fraction of sp³-hybridized carbons (Fsp3) is 0.154. The number of anilines is 1. The Morgan fingerprint density at radius 2 is 1.75 bits per heavy atom. The molecule has 0 spiro atoms. The van der Waals surface area contributed by atoms with Crippen molar-refractivity contribution < 1.29 is 4.79 Å². The van der Waals surface area contributed by atoms with E-state index in [9.17, 15) is 4.79 Å². The van der Waals surface area contributed by atoms with E-state index >= 15 is 0 Å². The second-order valence-electron chi connectivity index (χ2n) is 3.88. The molecule has 0 atom stereocenters. The maximum atomic E-state index is 11.1. The number of nitrogens with zero attached hydrogens (tertiary/aromatic N) is 1. The van der Waals surface area contributed by atoms with Gasteiger partial charge in [0.25, 0.3) is 5.24 Å². The van der Waals surface area contributed by atoms with Crippen molar-refractivity contribution in [3.8, 4) is 0 Å². The lowest BCUT2D eigenvalue weighted by molar-refractivity contribution is 0.266. The molecular weight excluding hydrogens is 218 g/mol. The number of benzene rings is 2. The van der Waals surface area contributed by atoms with Crippen LogP contribution in [0.2, 0.25) is 0 Å². The number of amides is 1. The van der Waals surface area contributed by atoms with Crippen LogP contribution in [0.3, 0.4) is 0 Å². The van der Waals surface area contributed by atoms with Crippen molar-refractivity contribution in [3.63, 3.8) is 0 Å². The number of hydrogen-bond acceptors (Lipinski definition) is 1. The minimum Gasteiger partial charge on any atom is -0.307 e. The molecule has 2 nitrogen and oxygen atoms in total. The zero-order chi connectivity index (χ0) is 11.7. The van der Waals surface area contributed by atoms with Crippen molar-refractivity contribution >= 4 is 34.3 Å². The smallest absolute Gasteiger partial charge is 0.282 e. The summed E-state index contributed by atoms with van der Waals surface area (Å²) in [7, 11) is 1.71. The van der Waals surface area contributed by atoms with Gasteiger partial charge in [-0.15, -0.1) is 0 Å². The Balaban J connectivity index is 2.52. The Kier molecular flexibility index (Phi) is 2.88. The summed E-state index contributed by atoms with van der Waals surface area (Å²) in [5.74, 6) is 0. The van der Waals surface area contributed by atoms with E-state index in [2.05, 4.69) is 37.8 Å². The minimum atomic E-state index is -0.258. The quantitative estimate of drug-likeness (QED) is 0.743. The first-order chi connectivity index (χ1) is 7.58. The standard InChI is InChI=1S/C13H13NOS/c1-9-3-4-11-8-12(14(2)13(15)16)6-5-10(11)7-9/h3-8H,1-2H3,(H,15,16). The van der Waals surface area contributed by atoms with E-state index in [0.29, 0.717) is 0 Å². The Hall–Kier alpha value is -1.48. The average molecular weight is 231 g/mol. The van der Waals surface area contributed by atoms with E-state index < -0.39 is 0 Å². The van der Waals surface area contributed by atoms with Gasteiger partial charge in [0.1, 0.15) is 0 Å². The lowest BCUT2D eigenvalue weighted by Gasteiger charge is -2.14. The summed E-state index contributed by atoms with van der Waals surface area (Å²) in [6, 6.07) is 12.2. The van der Waals surface area contributed by atoms with Crippen LogP contribution < -0.4 is 4.90 Å². The highest BCUT2D eigenvalue weighted by atomic mass is 32.1. The highest BCUT2D eigenvalue weighted by Gasteiger charge is 2.06. The largest absolute Gasteiger partial charge is 0.307 e. The first-order valence-electron chi connectivity index (χ1n) is 5.05. The summed E-state index contributed by atoms with van der Waals surface area (Å²) in [5, 5.41) is 2.06. The van der Waals surface area contributed by atoms with Crippen LogP contribution in [0.1, 0.15) is 5.56 Å². The molecule has 0 aliphatic rings. The normalized spacial score (nSPS) is 10.4. The molecule has 0 saturated carbocycles. The molecular formula is C13H13NOS. The molecule has 0 saturated heterocycles. The van der Waals surface area contributed by atoms with Crippen LogP contribution in [-0.4, -0.2) is 12.3 Å². The summed E-state index contributed by atoms with van der Waals surface area (Å²) < 4.78 is 0. The van der Waals surface area contributed by atoms with E-state index in [4.69, 9.17) is 0 Å². The van der Waals surface area contributed by atoms with E-state index in [1.165, 1.54) is 15.8 Å². The molecule has 0 aliphatic heterocycles. The molecule has 2 rings (SSSR count). The zero-order valence-electron chi connectivity index (χ0n) is 9.27. The molecule has 0 unspecified atom stereocenters. The predicted octanol–water partition coefficient (Wildman–Crippen LogP) is 3.63. The SMILES string of the molecule is Cc1ccc2cc(N(C)C(=O)S)ccc2c1. The van der Waals surface area contributed by atoms with Gasteiger partial charge in [0.2, 0.25) is 0 Å². The first kappa shape index (κ1) is 11.0. The van der Waals surface area contributed by atoms with Crippen molar-refractivity contribution in [2.24, 2.45) is 0 Å². The van der Waals surface area contributed by atoms with Gasteiger partial charge in [-0.05, 0) is 29.8 Å². The summed E-state index contributed by atoms with van der Waals surface area (Å²) in [6.07, 6.45) is 0. The van der Waals surface area contributed by atoms with E-state index in [1.54, 1.807) is 7.05 Å². The fourth-order valence-electron chi connectivity index (χ4n) is 1.67. The molecule has 1 amide bonds. The maximum Gasteiger partial charge on any atom is 0.282 e. The fourth-order valence-corrected chi connectivity index (χ4v) is 1.79. The van der Waals surface area contributed by atoms with Crippen LogP contribution >= 0.6 is 12.6 Å². The summed E-state index contributed by atoms with van der Waals surface area (Å²) in [6.45, 7) is 2.07. The van der Waals surface area contributed by atoms with Crippen molar-refractivity contribution in [1.29, 1.82) is 0 Å². The third kappa shape index (κ3) is 2.04. The first-order valence-corrected chi connectivity index (χ1v) is 5.50. The number of aryl methyl sites for hydroxylation is 1. The molecule has 0 aliphatic carbocycles. The van der Waals surface area contributed by atoms with E-state index in [1.807, 2.05) is 18.2 Å². The van der Waals surface area contributed by atoms with Gasteiger partial charge in [0, 0.05) is 12.7 Å². The summed E-state index contributed by atoms with van der Waals surface area (Å²) in [5.41, 5.74) is 2.09. The van der Waals surface area contributed by atoms with Crippen LogP contribution in [0, 0.1) is 6.92 Å². The molecule has 0 aromatic heterocycles. The van der Waals surface area contributed by atoms with Gasteiger partial charge in [-0.2, -0.15) is 0 Å². The van der Waals surface area contributed by atoms with Crippen LogP contribution in [0.25, 0.3) is 10.8 Å². The molecule has 0 N–H and O–H groups in total. The number of carbonyl (C=O) groups excluding carboxylic acids is 1.